The first kappa shape index (κ1) is 52.0. The normalized spacial score (nSPS) is 15.5. The van der Waals surface area contributed by atoms with Gasteiger partial charge in [-0.3, -0.25) is 0 Å². The van der Waals surface area contributed by atoms with Crippen molar-refractivity contribution >= 4 is 0 Å². The van der Waals surface area contributed by atoms with Crippen LogP contribution in [0.4, 0.5) is 0 Å². The molecule has 0 aliphatic carbocycles. The minimum atomic E-state index is 0.128. The molecule has 68 heavy (non-hydrogen) atoms. The van der Waals surface area contributed by atoms with Gasteiger partial charge in [-0.25, -0.2) is 0 Å². The Balaban J connectivity index is 0.000000140. The van der Waals surface area contributed by atoms with Gasteiger partial charge in [0.15, 0.2) is 36.6 Å². The second-order valence-electron chi connectivity index (χ2n) is 22.9. The first-order chi connectivity index (χ1) is 31.9. The predicted octanol–water partition coefficient (Wildman–Crippen LogP) is 14.1. The third-order valence-corrected chi connectivity index (χ3v) is 12.1. The fraction of sp³-hybridized carbons (Fsp3) is 0.492. The zero-order valence-electron chi connectivity index (χ0n) is 43.7. The van der Waals surface area contributed by atoms with Crippen LogP contribution in [0.3, 0.4) is 0 Å². The molecule has 10 rings (SSSR count). The number of para-hydroxylation sites is 1. The van der Waals surface area contributed by atoms with E-state index >= 15 is 0 Å². The first-order valence-corrected chi connectivity index (χ1v) is 24.1. The van der Waals surface area contributed by atoms with Crippen LogP contribution in [-0.2, 0) is 56.2 Å². The van der Waals surface area contributed by atoms with Gasteiger partial charge >= 0.3 is 0 Å². The molecule has 0 amide bonds. The van der Waals surface area contributed by atoms with Gasteiger partial charge in [0.1, 0.15) is 30.5 Å². The van der Waals surface area contributed by atoms with E-state index in [1.165, 1.54) is 33.4 Å². The van der Waals surface area contributed by atoms with Crippen LogP contribution < -0.4 is 33.2 Å². The van der Waals surface area contributed by atoms with Gasteiger partial charge in [-0.2, -0.15) is 0 Å². The minimum Gasteiger partial charge on any atom is -0.493 e. The predicted molar refractivity (Wildman–Crippen MR) is 273 cm³/mol. The molecule has 5 aliphatic heterocycles. The number of ether oxygens (including phenoxy) is 9. The van der Waals surface area contributed by atoms with Crippen molar-refractivity contribution in [3.8, 4) is 40.2 Å². The SMILES string of the molecule is CC(C)(C)c1ccc2c(c1)CCO2.CC(C)(C)c1ccc2c(c1)COCO2.CC(C)(C)c1ccc2c(c1)OCCO2.CC(C)(C)c1ccc2c(c1)OCO2.CC(C)(C)c1cccc2c1OCOC2. The van der Waals surface area contributed by atoms with E-state index in [2.05, 4.69) is 177 Å². The minimum absolute atomic E-state index is 0.128. The molecule has 0 saturated heterocycles. The summed E-state index contributed by atoms with van der Waals surface area (Å²) in [5.74, 6) is 6.52. The molecule has 368 valence electrons. The van der Waals surface area contributed by atoms with Crippen LogP contribution in [-0.4, -0.2) is 40.2 Å². The zero-order valence-corrected chi connectivity index (χ0v) is 43.7. The van der Waals surface area contributed by atoms with Crippen molar-refractivity contribution < 1.29 is 42.6 Å². The van der Waals surface area contributed by atoms with Crippen LogP contribution in [0.1, 0.15) is 148 Å². The van der Waals surface area contributed by atoms with Gasteiger partial charge in [-0.05, 0) is 103 Å². The third-order valence-electron chi connectivity index (χ3n) is 12.1. The lowest BCUT2D eigenvalue weighted by molar-refractivity contribution is -0.0175. The summed E-state index contributed by atoms with van der Waals surface area (Å²) < 4.78 is 48.4. The topological polar surface area (TPSA) is 83.1 Å². The standard InChI is InChI=1S/3C12H16O2.C12H16O.C11H14O2/c1-12(2,3)10-4-5-11-9(6-10)7-13-8-14-11;1-12(2,3)9-4-5-10-11(8-9)14-7-6-13-10;1-12(2,3)10-6-4-5-9-7-13-8-14-11(9)10;1-12(2,3)10-4-5-11-9(8-10)6-7-13-11;1-11(2,3)8-4-5-9-10(6-8)13-7-12-9/h4-6H,7-8H2,1-3H3;4-5,8H,6-7H2,1-3H3;4-6H,7-8H2,1-3H3;4-5,8H,6-7H2,1-3H3;4-6H,7H2,1-3H3. The maximum Gasteiger partial charge on any atom is 0.231 e. The average molecular weight is 931 g/mol. The molecule has 0 unspecified atom stereocenters. The van der Waals surface area contributed by atoms with Gasteiger partial charge in [0.05, 0.1) is 19.8 Å². The van der Waals surface area contributed by atoms with Crippen molar-refractivity contribution in [3.05, 3.63) is 136 Å². The van der Waals surface area contributed by atoms with Crippen LogP contribution in [0.2, 0.25) is 0 Å². The van der Waals surface area contributed by atoms with Crippen LogP contribution in [0.15, 0.2) is 91.0 Å². The summed E-state index contributed by atoms with van der Waals surface area (Å²) in [5.41, 5.74) is 11.1. The molecule has 0 N–H and O–H groups in total. The number of hydrogen-bond acceptors (Lipinski definition) is 9. The van der Waals surface area contributed by atoms with Crippen molar-refractivity contribution in [1.29, 1.82) is 0 Å². The van der Waals surface area contributed by atoms with E-state index in [-0.39, 0.29) is 27.1 Å². The lowest BCUT2D eigenvalue weighted by Gasteiger charge is -2.27. The largest absolute Gasteiger partial charge is 0.493 e. The highest BCUT2D eigenvalue weighted by atomic mass is 16.7. The van der Waals surface area contributed by atoms with Crippen molar-refractivity contribution in [2.24, 2.45) is 0 Å². The summed E-state index contributed by atoms with van der Waals surface area (Å²) in [7, 11) is 0. The number of rotatable bonds is 0. The highest BCUT2D eigenvalue weighted by molar-refractivity contribution is 5.48. The van der Waals surface area contributed by atoms with Gasteiger partial charge in [-0.15, -0.1) is 0 Å². The Kier molecular flexibility index (Phi) is 16.4. The van der Waals surface area contributed by atoms with Crippen LogP contribution in [0.25, 0.3) is 0 Å². The van der Waals surface area contributed by atoms with Gasteiger partial charge in [0.25, 0.3) is 0 Å². The van der Waals surface area contributed by atoms with Gasteiger partial charge in [-0.1, -0.05) is 152 Å². The molecule has 0 bridgehead atoms. The average Bonchev–Trinajstić information content (AvgIpc) is 3.98. The van der Waals surface area contributed by atoms with Gasteiger partial charge in [0, 0.05) is 17.5 Å². The van der Waals surface area contributed by atoms with E-state index in [9.17, 15) is 0 Å². The third kappa shape index (κ3) is 14.1. The molecule has 5 aromatic carbocycles. The summed E-state index contributed by atoms with van der Waals surface area (Å²) in [4.78, 5) is 0. The fourth-order valence-electron chi connectivity index (χ4n) is 7.79. The Morgan fingerprint density at radius 3 is 1.29 bits per heavy atom. The molecule has 5 aromatic rings. The molecule has 0 saturated carbocycles. The molecule has 5 heterocycles. The van der Waals surface area contributed by atoms with E-state index in [0.29, 0.717) is 46.8 Å². The number of fused-ring (bicyclic) bond motifs is 5. The molecule has 0 fully saturated rings. The summed E-state index contributed by atoms with van der Waals surface area (Å²) in [6, 6.07) is 31.5. The van der Waals surface area contributed by atoms with Crippen LogP contribution >= 0.6 is 0 Å². The smallest absolute Gasteiger partial charge is 0.231 e. The van der Waals surface area contributed by atoms with E-state index < -0.39 is 0 Å². The Morgan fingerprint density at radius 2 is 0.735 bits per heavy atom. The van der Waals surface area contributed by atoms with Crippen LogP contribution in [0.5, 0.6) is 40.2 Å². The molecule has 9 heteroatoms. The Bertz CT molecular complexity index is 2310. The fourth-order valence-corrected chi connectivity index (χ4v) is 7.79. The summed E-state index contributed by atoms with van der Waals surface area (Å²) in [6.07, 6.45) is 1.07. The Hall–Kier alpha value is -5.38. The molecule has 0 atom stereocenters. The first-order valence-electron chi connectivity index (χ1n) is 24.1. The highest BCUT2D eigenvalue weighted by Gasteiger charge is 2.24. The van der Waals surface area contributed by atoms with E-state index in [1.807, 2.05) is 18.2 Å². The van der Waals surface area contributed by atoms with Crippen molar-refractivity contribution in [3.63, 3.8) is 0 Å². The molecule has 0 radical (unpaired) electrons. The molecular formula is C59H78O9. The van der Waals surface area contributed by atoms with E-state index in [0.717, 1.165) is 64.4 Å². The van der Waals surface area contributed by atoms with Gasteiger partial charge in [0.2, 0.25) is 6.79 Å². The zero-order chi connectivity index (χ0) is 49.5. The maximum atomic E-state index is 5.56. The lowest BCUT2D eigenvalue weighted by atomic mass is 9.85. The van der Waals surface area contributed by atoms with Crippen molar-refractivity contribution in [2.75, 3.05) is 40.2 Å². The highest BCUT2D eigenvalue weighted by Crippen LogP contribution is 2.39. The summed E-state index contributed by atoms with van der Waals surface area (Å²) >= 11 is 0. The van der Waals surface area contributed by atoms with E-state index in [1.54, 1.807) is 0 Å². The van der Waals surface area contributed by atoms with Crippen molar-refractivity contribution in [2.45, 2.75) is 151 Å². The molecule has 0 spiro atoms. The summed E-state index contributed by atoms with van der Waals surface area (Å²) in [5, 5.41) is 0. The van der Waals surface area contributed by atoms with Gasteiger partial charge < -0.3 is 42.6 Å². The molecule has 5 aliphatic rings. The van der Waals surface area contributed by atoms with E-state index in [4.69, 9.17) is 42.6 Å². The maximum absolute atomic E-state index is 5.56. The lowest BCUT2D eigenvalue weighted by Crippen LogP contribution is -2.19. The Morgan fingerprint density at radius 1 is 0.324 bits per heavy atom. The molecule has 9 nitrogen and oxygen atoms in total. The molecule has 0 aromatic heterocycles. The quantitative estimate of drug-likeness (QED) is 0.151. The molecular weight excluding hydrogens is 853 g/mol. The second-order valence-corrected chi connectivity index (χ2v) is 22.9. The van der Waals surface area contributed by atoms with Crippen LogP contribution in [0, 0.1) is 0 Å². The second kappa shape index (κ2) is 21.5. The van der Waals surface area contributed by atoms with Crippen molar-refractivity contribution in [1.82, 2.24) is 0 Å². The Labute approximate surface area is 407 Å². The monoisotopic (exact) mass is 931 g/mol. The number of benzene rings is 5. The summed E-state index contributed by atoms with van der Waals surface area (Å²) in [6.45, 7) is 37.7. The number of hydrogen-bond donors (Lipinski definition) is 0.